The van der Waals surface area contributed by atoms with Gasteiger partial charge in [-0.2, -0.15) is 23.1 Å². The molecule has 0 fully saturated rings. The summed E-state index contributed by atoms with van der Waals surface area (Å²) >= 11 is 3.03. The van der Waals surface area contributed by atoms with Crippen molar-refractivity contribution in [1.29, 1.82) is 0 Å². The molecule has 4 aromatic heterocycles. The zero-order chi connectivity index (χ0) is 34.3. The first kappa shape index (κ1) is 33.4. The van der Waals surface area contributed by atoms with Gasteiger partial charge in [-0.3, -0.25) is 0 Å². The summed E-state index contributed by atoms with van der Waals surface area (Å²) in [4.78, 5) is 26.5. The van der Waals surface area contributed by atoms with Crippen LogP contribution in [-0.4, -0.2) is 31.0 Å². The quantitative estimate of drug-likeness (QED) is 0.157. The number of ether oxygens (including phenoxy) is 2. The van der Waals surface area contributed by atoms with E-state index in [0.717, 1.165) is 22.6 Å². The first-order chi connectivity index (χ1) is 22.9. The molecule has 6 N–H and O–H groups in total. The minimum absolute atomic E-state index is 0.125. The molecule has 0 aliphatic heterocycles. The summed E-state index contributed by atoms with van der Waals surface area (Å²) < 4.78 is 48.9. The number of nitrogens with zero attached hydrogens (tertiary/aromatic N) is 4. The number of aromatic nitrogens is 4. The third kappa shape index (κ3) is 8.83. The predicted octanol–water partition coefficient (Wildman–Crippen LogP) is 9.22. The maximum absolute atomic E-state index is 11.9. The molecule has 0 aliphatic rings. The molecule has 0 aliphatic carbocycles. The second kappa shape index (κ2) is 14.6. The number of fused-ring (bicyclic) bond motifs is 2. The molecule has 0 atom stereocenters. The molecule has 0 amide bonds. The molecule has 0 radical (unpaired) electrons. The zero-order valence-corrected chi connectivity index (χ0v) is 26.0. The third-order valence-electron chi connectivity index (χ3n) is 6.14. The van der Waals surface area contributed by atoms with Crippen molar-refractivity contribution in [2.24, 2.45) is 0 Å². The van der Waals surface area contributed by atoms with Gasteiger partial charge in [0.25, 0.3) is 0 Å². The molecule has 0 unspecified atom stereocenters. The number of aromatic carboxylic acids is 1. The van der Waals surface area contributed by atoms with Crippen molar-refractivity contribution in [1.82, 2.24) is 19.9 Å². The normalized spacial score (nSPS) is 10.8. The highest BCUT2D eigenvalue weighted by Gasteiger charge is 2.29. The largest absolute Gasteiger partial charge is 0.699 e. The van der Waals surface area contributed by atoms with Crippen LogP contribution in [0.4, 0.5) is 30.8 Å². The van der Waals surface area contributed by atoms with Crippen LogP contribution in [0.3, 0.4) is 0 Å². The number of thiophene rings is 2. The van der Waals surface area contributed by atoms with E-state index in [-0.39, 0.29) is 17.6 Å². The van der Waals surface area contributed by atoms with Gasteiger partial charge in [0.2, 0.25) is 23.7 Å². The number of nitrogens with two attached hydrogens (primary N) is 2. The number of carboxylic acid groups (broad SMARTS) is 1. The van der Waals surface area contributed by atoms with Gasteiger partial charge in [0.15, 0.2) is 0 Å². The van der Waals surface area contributed by atoms with Crippen LogP contribution in [0.2, 0.25) is 0 Å². The molecule has 7 aromatic rings. The lowest BCUT2D eigenvalue weighted by Gasteiger charge is -2.09. The lowest BCUT2D eigenvalue weighted by molar-refractivity contribution is -0.137. The van der Waals surface area contributed by atoms with E-state index in [2.05, 4.69) is 31.4 Å². The molecular formula is C32H23F3N7O4S2-. The first-order valence-electron chi connectivity index (χ1n) is 13.6. The van der Waals surface area contributed by atoms with Gasteiger partial charge < -0.3 is 31.8 Å². The smallest absolute Gasteiger partial charge is 0.416 e. The van der Waals surface area contributed by atoms with E-state index in [0.29, 0.717) is 28.5 Å². The fourth-order valence-electron chi connectivity index (χ4n) is 4.00. The second-order valence-corrected chi connectivity index (χ2v) is 11.4. The van der Waals surface area contributed by atoms with Crippen LogP contribution in [0.25, 0.3) is 25.9 Å². The summed E-state index contributed by atoms with van der Waals surface area (Å²) in [6, 6.07) is 20.7. The Morgan fingerprint density at radius 1 is 0.792 bits per heavy atom. The Morgan fingerprint density at radius 2 is 1.42 bits per heavy atom. The Morgan fingerprint density at radius 3 is 1.98 bits per heavy atom. The van der Waals surface area contributed by atoms with Crippen LogP contribution >= 0.6 is 22.7 Å². The SMILES string of the molecule is Nc1nccc(Oc2ccc3c(C(=O)O)csc3c2)n1.Nc1nccc(Oc2ccc3ccsc3c2)n1.[NH-]c1cccc(C(F)(F)F)c1. The van der Waals surface area contributed by atoms with Crippen LogP contribution in [0.5, 0.6) is 23.3 Å². The van der Waals surface area contributed by atoms with Gasteiger partial charge in [-0.1, -0.05) is 24.3 Å². The number of nitrogen functional groups attached to an aromatic ring is 2. The number of carbonyl (C=O) groups is 1. The monoisotopic (exact) mass is 690 g/mol. The summed E-state index contributed by atoms with van der Waals surface area (Å²) in [7, 11) is 0. The summed E-state index contributed by atoms with van der Waals surface area (Å²) in [5.74, 6) is 1.51. The Labute approximate surface area is 278 Å². The van der Waals surface area contributed by atoms with Crippen LogP contribution in [0.1, 0.15) is 15.9 Å². The van der Waals surface area contributed by atoms with Gasteiger partial charge in [-0.15, -0.1) is 28.4 Å². The lowest BCUT2D eigenvalue weighted by Crippen LogP contribution is -2.03. The lowest BCUT2D eigenvalue weighted by atomic mass is 10.2. The first-order valence-corrected chi connectivity index (χ1v) is 15.3. The number of halogens is 3. The van der Waals surface area contributed by atoms with E-state index in [4.69, 9.17) is 31.8 Å². The van der Waals surface area contributed by atoms with Crippen molar-refractivity contribution < 1.29 is 32.5 Å². The van der Waals surface area contributed by atoms with Gasteiger partial charge in [0, 0.05) is 44.7 Å². The minimum atomic E-state index is -4.34. The van der Waals surface area contributed by atoms with Crippen molar-refractivity contribution in [3.05, 3.63) is 119 Å². The Kier molecular flexibility index (Phi) is 10.2. The van der Waals surface area contributed by atoms with Crippen molar-refractivity contribution in [3.63, 3.8) is 0 Å². The fraction of sp³-hybridized carbons (Fsp3) is 0.0312. The van der Waals surface area contributed by atoms with Crippen molar-refractivity contribution in [3.8, 4) is 23.3 Å². The summed E-state index contributed by atoms with van der Waals surface area (Å²) in [6.45, 7) is 0. The molecule has 0 saturated heterocycles. The molecule has 0 saturated carbocycles. The number of alkyl halides is 3. The summed E-state index contributed by atoms with van der Waals surface area (Å²) in [5, 5.41) is 14.6. The highest BCUT2D eigenvalue weighted by atomic mass is 32.1. The molecule has 0 spiro atoms. The van der Waals surface area contributed by atoms with E-state index < -0.39 is 17.7 Å². The molecular weight excluding hydrogens is 668 g/mol. The number of rotatable bonds is 5. The average molecular weight is 691 g/mol. The minimum Gasteiger partial charge on any atom is -0.699 e. The Bertz CT molecular complexity index is 2190. The molecule has 16 heteroatoms. The Hall–Kier alpha value is -6.00. The van der Waals surface area contributed by atoms with Gasteiger partial charge in [0.05, 0.1) is 11.1 Å². The molecule has 11 nitrogen and oxygen atoms in total. The maximum Gasteiger partial charge on any atom is 0.416 e. The molecule has 7 rings (SSSR count). The van der Waals surface area contributed by atoms with Crippen LogP contribution in [-0.2, 0) is 6.18 Å². The number of anilines is 2. The highest BCUT2D eigenvalue weighted by molar-refractivity contribution is 7.17. The van der Waals surface area contributed by atoms with E-state index in [1.165, 1.54) is 39.8 Å². The zero-order valence-electron chi connectivity index (χ0n) is 24.4. The number of carboxylic acids is 1. The fourth-order valence-corrected chi connectivity index (χ4v) is 5.78. The van der Waals surface area contributed by atoms with Crippen LogP contribution < -0.4 is 20.9 Å². The van der Waals surface area contributed by atoms with E-state index >= 15 is 0 Å². The second-order valence-electron chi connectivity index (χ2n) is 9.52. The van der Waals surface area contributed by atoms with Crippen molar-refractivity contribution in [2.75, 3.05) is 11.5 Å². The highest BCUT2D eigenvalue weighted by Crippen LogP contribution is 2.32. The van der Waals surface area contributed by atoms with Gasteiger partial charge in [0.1, 0.15) is 11.5 Å². The number of benzene rings is 3. The number of hydrogen-bond donors (Lipinski definition) is 3. The van der Waals surface area contributed by atoms with Crippen LogP contribution in [0.15, 0.2) is 102 Å². The average Bonchev–Trinajstić information content (AvgIpc) is 3.68. The van der Waals surface area contributed by atoms with Gasteiger partial charge in [-0.05, 0) is 53.2 Å². The molecule has 4 heterocycles. The summed E-state index contributed by atoms with van der Waals surface area (Å²) in [5.41, 5.74) is 17.3. The molecule has 0 bridgehead atoms. The summed E-state index contributed by atoms with van der Waals surface area (Å²) in [6.07, 6.45) is -1.26. The third-order valence-corrected chi connectivity index (χ3v) is 7.96. The predicted molar refractivity (Wildman–Crippen MR) is 179 cm³/mol. The molecule has 3 aromatic carbocycles. The van der Waals surface area contributed by atoms with Crippen molar-refractivity contribution in [2.45, 2.75) is 6.18 Å². The number of hydrogen-bond acceptors (Lipinski definition) is 11. The molecule has 48 heavy (non-hydrogen) atoms. The molecule has 244 valence electrons. The Balaban J connectivity index is 0.000000147. The van der Waals surface area contributed by atoms with Gasteiger partial charge >= 0.3 is 12.1 Å². The van der Waals surface area contributed by atoms with E-state index in [1.807, 2.05) is 18.2 Å². The van der Waals surface area contributed by atoms with E-state index in [9.17, 15) is 18.0 Å². The number of nitrogens with one attached hydrogen (secondary N) is 1. The topological polar surface area (TPSA) is 183 Å². The van der Waals surface area contributed by atoms with E-state index in [1.54, 1.807) is 53.2 Å². The van der Waals surface area contributed by atoms with Crippen LogP contribution in [0, 0.1) is 0 Å². The van der Waals surface area contributed by atoms with Gasteiger partial charge in [-0.25, -0.2) is 14.8 Å². The maximum atomic E-state index is 11.9. The van der Waals surface area contributed by atoms with Crippen molar-refractivity contribution >= 4 is 66.4 Å². The standard InChI is InChI=1S/C13H9N3O3S.C12H9N3OS.C7H5F3N/c14-13-15-4-3-11(16-13)19-7-1-2-8-9(12(17)18)6-20-10(8)5-7;13-12-14-5-3-11(15-12)16-9-2-1-8-4-6-17-10(8)7-9;8-7(9,10)5-2-1-3-6(11)4-5/h1-6H,(H,17,18)(H2,14,15,16);1-7H,(H2,13,14,15);1-4,11H/q;;-1.